The number of anilines is 1. The second kappa shape index (κ2) is 7.00. The number of H-pyrrole nitrogens is 1. The minimum Gasteiger partial charge on any atom is -0.382 e. The first-order valence-electron chi connectivity index (χ1n) is 8.74. The molecule has 0 amide bonds. The van der Waals surface area contributed by atoms with Crippen molar-refractivity contribution >= 4 is 28.5 Å². The minimum atomic E-state index is -0.233. The van der Waals surface area contributed by atoms with Crippen molar-refractivity contribution in [2.45, 2.75) is 32.1 Å². The van der Waals surface area contributed by atoms with Gasteiger partial charge in [-0.15, -0.1) is 0 Å². The predicted molar refractivity (Wildman–Crippen MR) is 99.4 cm³/mol. The molecular weight excluding hydrogens is 339 g/mol. The van der Waals surface area contributed by atoms with Gasteiger partial charge in [0.15, 0.2) is 5.65 Å². The van der Waals surface area contributed by atoms with Crippen molar-refractivity contribution in [3.8, 4) is 11.1 Å². The molecule has 4 nitrogen and oxygen atoms in total. The van der Waals surface area contributed by atoms with Crippen molar-refractivity contribution in [2.24, 2.45) is 5.92 Å². The molecule has 0 aliphatic heterocycles. The Balaban J connectivity index is 1.60. The maximum atomic E-state index is 14.2. The summed E-state index contributed by atoms with van der Waals surface area (Å²) in [6.45, 7) is 0.819. The highest BCUT2D eigenvalue weighted by atomic mass is 35.5. The van der Waals surface area contributed by atoms with E-state index in [4.69, 9.17) is 11.6 Å². The molecule has 1 aliphatic carbocycles. The van der Waals surface area contributed by atoms with E-state index in [9.17, 15) is 4.39 Å². The molecule has 6 heteroatoms. The Hall–Kier alpha value is -2.14. The van der Waals surface area contributed by atoms with Crippen molar-refractivity contribution in [3.63, 3.8) is 0 Å². The van der Waals surface area contributed by atoms with E-state index in [0.717, 1.165) is 17.7 Å². The molecular formula is C19H20ClFN4. The van der Waals surface area contributed by atoms with Gasteiger partial charge in [-0.2, -0.15) is 0 Å². The van der Waals surface area contributed by atoms with Gasteiger partial charge in [0.25, 0.3) is 0 Å². The average Bonchev–Trinajstić information content (AvgIpc) is 3.05. The minimum absolute atomic E-state index is 0.233. The zero-order chi connectivity index (χ0) is 17.2. The molecule has 0 atom stereocenters. The molecule has 0 spiro atoms. The van der Waals surface area contributed by atoms with E-state index in [2.05, 4.69) is 20.3 Å². The molecule has 1 fully saturated rings. The number of nitrogens with zero attached hydrogens (tertiary/aromatic N) is 2. The summed E-state index contributed by atoms with van der Waals surface area (Å²) in [4.78, 5) is 11.7. The fourth-order valence-electron chi connectivity index (χ4n) is 3.56. The molecule has 130 valence electrons. The second-order valence-corrected chi connectivity index (χ2v) is 7.06. The first kappa shape index (κ1) is 16.3. The van der Waals surface area contributed by atoms with Crippen molar-refractivity contribution in [3.05, 3.63) is 41.6 Å². The highest BCUT2D eigenvalue weighted by Gasteiger charge is 2.15. The molecule has 2 aromatic heterocycles. The molecule has 2 heterocycles. The third-order valence-electron chi connectivity index (χ3n) is 4.93. The Morgan fingerprint density at radius 3 is 2.92 bits per heavy atom. The van der Waals surface area contributed by atoms with E-state index in [0.29, 0.717) is 27.9 Å². The Bertz CT molecular complexity index is 886. The van der Waals surface area contributed by atoms with Crippen LogP contribution in [0.4, 0.5) is 10.1 Å². The molecule has 1 aromatic carbocycles. The van der Waals surface area contributed by atoms with E-state index in [-0.39, 0.29) is 5.82 Å². The van der Waals surface area contributed by atoms with Gasteiger partial charge < -0.3 is 10.3 Å². The summed E-state index contributed by atoms with van der Waals surface area (Å²) in [7, 11) is 0. The van der Waals surface area contributed by atoms with Gasteiger partial charge in [0.05, 0.1) is 11.9 Å². The molecule has 0 bridgehead atoms. The van der Waals surface area contributed by atoms with Gasteiger partial charge in [0.1, 0.15) is 16.5 Å². The summed E-state index contributed by atoms with van der Waals surface area (Å²) >= 11 is 5.97. The Kier molecular flexibility index (Phi) is 4.57. The fraction of sp³-hybridized carbons (Fsp3) is 0.368. The van der Waals surface area contributed by atoms with Gasteiger partial charge in [-0.1, -0.05) is 36.9 Å². The van der Waals surface area contributed by atoms with Crippen LogP contribution in [0.1, 0.15) is 32.1 Å². The van der Waals surface area contributed by atoms with Crippen molar-refractivity contribution in [2.75, 3.05) is 11.9 Å². The first-order chi connectivity index (χ1) is 12.2. The zero-order valence-corrected chi connectivity index (χ0v) is 14.6. The molecule has 4 rings (SSSR count). The SMILES string of the molecule is Fc1ccc(-c2c[nH]c3ncc(Cl)nc23)cc1NCC1CCCCC1. The number of nitrogens with one attached hydrogen (secondary N) is 2. The van der Waals surface area contributed by atoms with Crippen LogP contribution < -0.4 is 5.32 Å². The zero-order valence-electron chi connectivity index (χ0n) is 13.9. The lowest BCUT2D eigenvalue weighted by molar-refractivity contribution is 0.373. The van der Waals surface area contributed by atoms with E-state index >= 15 is 0 Å². The van der Waals surface area contributed by atoms with Gasteiger partial charge in [-0.3, -0.25) is 0 Å². The number of aromatic nitrogens is 3. The Labute approximate surface area is 150 Å². The van der Waals surface area contributed by atoms with Crippen LogP contribution in [0, 0.1) is 11.7 Å². The lowest BCUT2D eigenvalue weighted by Gasteiger charge is -2.22. The largest absolute Gasteiger partial charge is 0.382 e. The summed E-state index contributed by atoms with van der Waals surface area (Å²) in [6.07, 6.45) is 9.68. The van der Waals surface area contributed by atoms with Crippen LogP contribution in [0.25, 0.3) is 22.3 Å². The standard InChI is InChI=1S/C19H20ClFN4/c20-17-11-24-19-18(25-17)14(10-23-19)13-6-7-15(21)16(8-13)22-9-12-4-2-1-3-5-12/h6-8,10-12,22H,1-5,9H2,(H,23,24). The van der Waals surface area contributed by atoms with Crippen molar-refractivity contribution < 1.29 is 4.39 Å². The lowest BCUT2D eigenvalue weighted by atomic mass is 9.89. The Morgan fingerprint density at radius 2 is 2.08 bits per heavy atom. The normalized spacial score (nSPS) is 15.6. The van der Waals surface area contributed by atoms with Crippen LogP contribution in [0.3, 0.4) is 0 Å². The topological polar surface area (TPSA) is 53.6 Å². The average molecular weight is 359 g/mol. The molecule has 0 unspecified atom stereocenters. The number of benzene rings is 1. The number of rotatable bonds is 4. The van der Waals surface area contributed by atoms with Crippen LogP contribution in [0.5, 0.6) is 0 Å². The third kappa shape index (κ3) is 3.47. The van der Waals surface area contributed by atoms with Gasteiger partial charge in [0.2, 0.25) is 0 Å². The van der Waals surface area contributed by atoms with Gasteiger partial charge in [0, 0.05) is 18.3 Å². The number of fused-ring (bicyclic) bond motifs is 1. The molecule has 2 N–H and O–H groups in total. The maximum Gasteiger partial charge on any atom is 0.156 e. The molecule has 0 radical (unpaired) electrons. The van der Waals surface area contributed by atoms with Crippen LogP contribution in [0.2, 0.25) is 5.15 Å². The van der Waals surface area contributed by atoms with Crippen LogP contribution >= 0.6 is 11.6 Å². The molecule has 0 saturated heterocycles. The van der Waals surface area contributed by atoms with Gasteiger partial charge >= 0.3 is 0 Å². The summed E-state index contributed by atoms with van der Waals surface area (Å²) in [6, 6.07) is 5.09. The van der Waals surface area contributed by atoms with Gasteiger partial charge in [-0.25, -0.2) is 14.4 Å². The molecule has 3 aromatic rings. The number of hydrogen-bond acceptors (Lipinski definition) is 3. The quantitative estimate of drug-likeness (QED) is 0.655. The maximum absolute atomic E-state index is 14.2. The number of aromatic amines is 1. The molecule has 25 heavy (non-hydrogen) atoms. The second-order valence-electron chi connectivity index (χ2n) is 6.67. The van der Waals surface area contributed by atoms with E-state index < -0.39 is 0 Å². The predicted octanol–water partition coefficient (Wildman–Crippen LogP) is 5.41. The highest BCUT2D eigenvalue weighted by molar-refractivity contribution is 6.29. The highest BCUT2D eigenvalue weighted by Crippen LogP contribution is 2.31. The van der Waals surface area contributed by atoms with Crippen LogP contribution in [-0.4, -0.2) is 21.5 Å². The van der Waals surface area contributed by atoms with E-state index in [1.54, 1.807) is 6.07 Å². The molecule has 1 saturated carbocycles. The Morgan fingerprint density at radius 1 is 1.24 bits per heavy atom. The van der Waals surface area contributed by atoms with E-state index in [1.807, 2.05) is 12.3 Å². The van der Waals surface area contributed by atoms with Crippen LogP contribution in [0.15, 0.2) is 30.6 Å². The van der Waals surface area contributed by atoms with Crippen molar-refractivity contribution in [1.29, 1.82) is 0 Å². The van der Waals surface area contributed by atoms with Crippen molar-refractivity contribution in [1.82, 2.24) is 15.0 Å². The summed E-state index contributed by atoms with van der Waals surface area (Å²) in [5.74, 6) is 0.401. The van der Waals surface area contributed by atoms with E-state index in [1.165, 1.54) is 44.4 Å². The summed E-state index contributed by atoms with van der Waals surface area (Å²) in [5, 5.41) is 3.64. The van der Waals surface area contributed by atoms with Gasteiger partial charge in [-0.05, 0) is 36.5 Å². The number of hydrogen-bond donors (Lipinski definition) is 2. The number of halogens is 2. The first-order valence-corrected chi connectivity index (χ1v) is 9.12. The third-order valence-corrected chi connectivity index (χ3v) is 5.12. The summed E-state index contributed by atoms with van der Waals surface area (Å²) in [5.41, 5.74) is 3.64. The van der Waals surface area contributed by atoms with Crippen LogP contribution in [-0.2, 0) is 0 Å². The fourth-order valence-corrected chi connectivity index (χ4v) is 3.70. The monoisotopic (exact) mass is 358 g/mol. The summed E-state index contributed by atoms with van der Waals surface area (Å²) < 4.78 is 14.2. The molecule has 1 aliphatic rings. The lowest BCUT2D eigenvalue weighted by Crippen LogP contribution is -2.17. The smallest absolute Gasteiger partial charge is 0.156 e.